The molecule has 0 aliphatic carbocycles. The Hall–Kier alpha value is -1.43. The van der Waals surface area contributed by atoms with E-state index in [0.29, 0.717) is 19.6 Å². The van der Waals surface area contributed by atoms with Crippen LogP contribution in [-0.4, -0.2) is 25.2 Å². The van der Waals surface area contributed by atoms with Gasteiger partial charge < -0.3 is 20.5 Å². The van der Waals surface area contributed by atoms with E-state index in [0.717, 1.165) is 11.3 Å². The maximum absolute atomic E-state index is 11.6. The Morgan fingerprint density at radius 1 is 1.50 bits per heavy atom. The van der Waals surface area contributed by atoms with Crippen molar-refractivity contribution < 1.29 is 14.3 Å². The van der Waals surface area contributed by atoms with Crippen molar-refractivity contribution in [3.63, 3.8) is 0 Å². The summed E-state index contributed by atoms with van der Waals surface area (Å²) in [6.07, 6.45) is -0.0176. The molecule has 1 amide bonds. The van der Waals surface area contributed by atoms with Crippen LogP contribution in [0.15, 0.2) is 24.3 Å². The Bertz CT molecular complexity index is 414. The number of carbonyl (C=O) groups is 1. The number of anilines is 1. The number of amides is 1. The maximum Gasteiger partial charge on any atom is 0.225 e. The zero-order valence-corrected chi connectivity index (χ0v) is 10.4. The molecule has 0 radical (unpaired) electrons. The van der Waals surface area contributed by atoms with E-state index in [-0.39, 0.29) is 18.2 Å². The summed E-state index contributed by atoms with van der Waals surface area (Å²) in [5.74, 6) is -0.0876. The molecule has 0 saturated carbocycles. The van der Waals surface area contributed by atoms with Crippen LogP contribution < -0.4 is 11.1 Å². The Morgan fingerprint density at radius 3 is 2.89 bits per heavy atom. The first-order valence-electron chi connectivity index (χ1n) is 6.04. The molecule has 1 aliphatic heterocycles. The Labute approximate surface area is 106 Å². The van der Waals surface area contributed by atoms with Crippen molar-refractivity contribution in [1.82, 2.24) is 0 Å². The molecular weight excluding hydrogens is 232 g/mol. The number of carbonyl (C=O) groups excluding carboxylic acids is 1. The van der Waals surface area contributed by atoms with Crippen LogP contribution in [0.3, 0.4) is 0 Å². The standard InChI is InChI=1S/C13H18N2O3/c1-9(14)7-12(16)15-11-4-2-3-10(8-11)13-17-5-6-18-13/h2-4,8-9,13H,5-7,14H2,1H3,(H,15,16). The molecule has 1 aromatic rings. The Balaban J connectivity index is 2.00. The summed E-state index contributed by atoms with van der Waals surface area (Å²) in [4.78, 5) is 11.6. The van der Waals surface area contributed by atoms with Crippen LogP contribution >= 0.6 is 0 Å². The Morgan fingerprint density at radius 2 is 2.22 bits per heavy atom. The van der Waals surface area contributed by atoms with Crippen molar-refractivity contribution in [2.45, 2.75) is 25.7 Å². The van der Waals surface area contributed by atoms with E-state index in [1.54, 1.807) is 6.92 Å². The molecule has 18 heavy (non-hydrogen) atoms. The van der Waals surface area contributed by atoms with Crippen LogP contribution in [0.1, 0.15) is 25.2 Å². The number of benzene rings is 1. The monoisotopic (exact) mass is 250 g/mol. The third kappa shape index (κ3) is 3.53. The van der Waals surface area contributed by atoms with Crippen LogP contribution in [0.2, 0.25) is 0 Å². The molecule has 1 heterocycles. The first-order valence-corrected chi connectivity index (χ1v) is 6.04. The third-order valence-electron chi connectivity index (χ3n) is 2.57. The van der Waals surface area contributed by atoms with Gasteiger partial charge in [-0.05, 0) is 19.1 Å². The van der Waals surface area contributed by atoms with Crippen molar-refractivity contribution in [3.8, 4) is 0 Å². The minimum atomic E-state index is -0.324. The highest BCUT2D eigenvalue weighted by molar-refractivity contribution is 5.91. The highest BCUT2D eigenvalue weighted by atomic mass is 16.7. The number of nitrogens with one attached hydrogen (secondary N) is 1. The summed E-state index contributed by atoms with van der Waals surface area (Å²) < 4.78 is 10.8. The number of hydrogen-bond donors (Lipinski definition) is 2. The van der Waals surface area contributed by atoms with Gasteiger partial charge >= 0.3 is 0 Å². The van der Waals surface area contributed by atoms with Gasteiger partial charge in [-0.15, -0.1) is 0 Å². The molecule has 0 bridgehead atoms. The zero-order chi connectivity index (χ0) is 13.0. The summed E-state index contributed by atoms with van der Waals surface area (Å²) in [5, 5.41) is 2.81. The van der Waals surface area contributed by atoms with Gasteiger partial charge in [0.15, 0.2) is 6.29 Å². The molecule has 0 aromatic heterocycles. The summed E-state index contributed by atoms with van der Waals surface area (Å²) in [6, 6.07) is 7.32. The van der Waals surface area contributed by atoms with Gasteiger partial charge in [0, 0.05) is 23.7 Å². The average molecular weight is 250 g/mol. The fraction of sp³-hybridized carbons (Fsp3) is 0.462. The number of rotatable bonds is 4. The van der Waals surface area contributed by atoms with Crippen LogP contribution in [0.4, 0.5) is 5.69 Å². The largest absolute Gasteiger partial charge is 0.346 e. The van der Waals surface area contributed by atoms with Crippen LogP contribution in [0, 0.1) is 0 Å². The second-order valence-electron chi connectivity index (χ2n) is 4.43. The SMILES string of the molecule is CC(N)CC(=O)Nc1cccc(C2OCCO2)c1. The van der Waals surface area contributed by atoms with E-state index in [1.165, 1.54) is 0 Å². The molecule has 5 heteroatoms. The normalized spacial score (nSPS) is 17.7. The maximum atomic E-state index is 11.6. The minimum absolute atomic E-state index is 0.0876. The molecule has 1 aromatic carbocycles. The van der Waals surface area contributed by atoms with Crippen molar-refractivity contribution in [2.75, 3.05) is 18.5 Å². The predicted molar refractivity (Wildman–Crippen MR) is 68.0 cm³/mol. The van der Waals surface area contributed by atoms with Crippen molar-refractivity contribution in [3.05, 3.63) is 29.8 Å². The lowest BCUT2D eigenvalue weighted by Crippen LogP contribution is -2.24. The average Bonchev–Trinajstić information content (AvgIpc) is 2.81. The molecule has 1 saturated heterocycles. The van der Waals surface area contributed by atoms with Crippen molar-refractivity contribution in [1.29, 1.82) is 0 Å². The summed E-state index contributed by atoms with van der Waals surface area (Å²) >= 11 is 0. The van der Waals surface area contributed by atoms with E-state index >= 15 is 0 Å². The first kappa shape index (κ1) is 13.0. The van der Waals surface area contributed by atoms with E-state index < -0.39 is 0 Å². The van der Waals surface area contributed by atoms with Crippen molar-refractivity contribution >= 4 is 11.6 Å². The van der Waals surface area contributed by atoms with Gasteiger partial charge in [-0.1, -0.05) is 12.1 Å². The fourth-order valence-electron chi connectivity index (χ4n) is 1.82. The quantitative estimate of drug-likeness (QED) is 0.847. The van der Waals surface area contributed by atoms with E-state index in [4.69, 9.17) is 15.2 Å². The van der Waals surface area contributed by atoms with Gasteiger partial charge in [0.05, 0.1) is 13.2 Å². The highest BCUT2D eigenvalue weighted by Crippen LogP contribution is 2.25. The molecular formula is C13H18N2O3. The minimum Gasteiger partial charge on any atom is -0.346 e. The molecule has 5 nitrogen and oxygen atoms in total. The lowest BCUT2D eigenvalue weighted by atomic mass is 10.2. The van der Waals surface area contributed by atoms with Gasteiger partial charge in [-0.25, -0.2) is 0 Å². The molecule has 1 fully saturated rings. The lowest BCUT2D eigenvalue weighted by Gasteiger charge is -2.12. The first-order chi connectivity index (χ1) is 8.65. The number of ether oxygens (including phenoxy) is 2. The molecule has 1 atom stereocenters. The summed E-state index contributed by atoms with van der Waals surface area (Å²) in [6.45, 7) is 3.01. The molecule has 0 spiro atoms. The zero-order valence-electron chi connectivity index (χ0n) is 10.4. The predicted octanol–water partition coefficient (Wildman–Crippen LogP) is 1.41. The van der Waals surface area contributed by atoms with E-state index in [2.05, 4.69) is 5.32 Å². The molecule has 1 unspecified atom stereocenters. The van der Waals surface area contributed by atoms with Gasteiger partial charge in [0.1, 0.15) is 0 Å². The highest BCUT2D eigenvalue weighted by Gasteiger charge is 2.18. The molecule has 3 N–H and O–H groups in total. The second kappa shape index (κ2) is 5.95. The number of nitrogens with two attached hydrogens (primary N) is 1. The second-order valence-corrected chi connectivity index (χ2v) is 4.43. The smallest absolute Gasteiger partial charge is 0.225 e. The third-order valence-corrected chi connectivity index (χ3v) is 2.57. The fourth-order valence-corrected chi connectivity index (χ4v) is 1.82. The lowest BCUT2D eigenvalue weighted by molar-refractivity contribution is -0.116. The van der Waals surface area contributed by atoms with E-state index in [9.17, 15) is 4.79 Å². The van der Waals surface area contributed by atoms with Crippen LogP contribution in [-0.2, 0) is 14.3 Å². The van der Waals surface area contributed by atoms with Gasteiger partial charge in [-0.3, -0.25) is 4.79 Å². The summed E-state index contributed by atoms with van der Waals surface area (Å²) in [7, 11) is 0. The number of hydrogen-bond acceptors (Lipinski definition) is 4. The Kier molecular flexibility index (Phi) is 4.30. The molecule has 2 rings (SSSR count). The topological polar surface area (TPSA) is 73.6 Å². The van der Waals surface area contributed by atoms with E-state index in [1.807, 2.05) is 24.3 Å². The van der Waals surface area contributed by atoms with Gasteiger partial charge in [0.25, 0.3) is 0 Å². The molecule has 98 valence electrons. The summed E-state index contributed by atoms with van der Waals surface area (Å²) in [5.41, 5.74) is 7.22. The van der Waals surface area contributed by atoms with Gasteiger partial charge in [-0.2, -0.15) is 0 Å². The van der Waals surface area contributed by atoms with Crippen molar-refractivity contribution in [2.24, 2.45) is 5.73 Å². The van der Waals surface area contributed by atoms with Crippen LogP contribution in [0.25, 0.3) is 0 Å². The van der Waals surface area contributed by atoms with Crippen LogP contribution in [0.5, 0.6) is 0 Å². The van der Waals surface area contributed by atoms with Gasteiger partial charge in [0.2, 0.25) is 5.91 Å². The molecule has 1 aliphatic rings.